The van der Waals surface area contributed by atoms with Crippen LogP contribution in [0.3, 0.4) is 0 Å². The lowest BCUT2D eigenvalue weighted by atomic mass is 10.1. The Labute approximate surface area is 335 Å². The second kappa shape index (κ2) is 15.7. The Morgan fingerprint density at radius 2 is 1.28 bits per heavy atom. The van der Waals surface area contributed by atoms with Crippen LogP contribution in [0.5, 0.6) is 0 Å². The van der Waals surface area contributed by atoms with Crippen molar-refractivity contribution in [2.75, 3.05) is 9.44 Å². The van der Waals surface area contributed by atoms with Gasteiger partial charge in [0, 0.05) is 36.2 Å². The Hall–Kier alpha value is -6.34. The molecule has 0 fully saturated rings. The molecule has 0 bridgehead atoms. The molecule has 290 valence electrons. The molecule has 0 aliphatic rings. The number of pyridine rings is 1. The van der Waals surface area contributed by atoms with Crippen LogP contribution in [-0.4, -0.2) is 61.1 Å². The first kappa shape index (κ1) is 38.9. The van der Waals surface area contributed by atoms with E-state index >= 15 is 0 Å². The standard InChI is InChI=1S/C20H17ClN4O3S.C17H14ClN7O2S/c1-12-7-15-13(2)9-19(26)23-20(15)18(8-12)29(27,28)24-14-3-4-17(16(21)10-14)25-6-5-22-11-25;1-12-2-4-14(9-17(12)25-11-20-22-23-25)28(26,27)21-13-3-5-16(15(18)8-13)24-7-6-19-10-24/h3-11,24H,1-2H3,(H,23,26);2-11,21H,1H3. The maximum absolute atomic E-state index is 13.1. The van der Waals surface area contributed by atoms with Gasteiger partial charge in [-0.3, -0.25) is 14.2 Å². The van der Waals surface area contributed by atoms with E-state index in [9.17, 15) is 21.6 Å². The van der Waals surface area contributed by atoms with Gasteiger partial charge in [0.25, 0.3) is 20.0 Å². The zero-order valence-electron chi connectivity index (χ0n) is 30.2. The molecule has 0 aliphatic heterocycles. The van der Waals surface area contributed by atoms with Gasteiger partial charge in [-0.1, -0.05) is 29.3 Å². The number of tetrazole rings is 1. The average Bonchev–Trinajstić information content (AvgIpc) is 3.97. The number of anilines is 2. The van der Waals surface area contributed by atoms with Crippen LogP contribution in [0.1, 0.15) is 16.7 Å². The number of halogens is 2. The molecule has 16 nitrogen and oxygen atoms in total. The lowest BCUT2D eigenvalue weighted by Gasteiger charge is -2.14. The first-order chi connectivity index (χ1) is 27.2. The zero-order chi connectivity index (χ0) is 40.5. The third-order valence-electron chi connectivity index (χ3n) is 8.61. The molecule has 20 heteroatoms. The number of hydrogen-bond donors (Lipinski definition) is 3. The number of nitrogens with zero attached hydrogens (tertiary/aromatic N) is 8. The summed E-state index contributed by atoms with van der Waals surface area (Å²) in [7, 11) is -7.81. The van der Waals surface area contributed by atoms with E-state index in [1.165, 1.54) is 41.3 Å². The van der Waals surface area contributed by atoms with Gasteiger partial charge in [0.15, 0.2) is 0 Å². The molecule has 3 N–H and O–H groups in total. The summed E-state index contributed by atoms with van der Waals surface area (Å²) in [6.07, 6.45) is 11.4. The fraction of sp³-hybridized carbons (Fsp3) is 0.0811. The number of hydrogen-bond acceptors (Lipinski definition) is 10. The second-order valence-corrected chi connectivity index (χ2v) is 16.8. The van der Waals surface area contributed by atoms with E-state index < -0.39 is 20.0 Å². The molecule has 0 saturated heterocycles. The first-order valence-electron chi connectivity index (χ1n) is 16.8. The Bertz CT molecular complexity index is 3030. The van der Waals surface area contributed by atoms with Crippen molar-refractivity contribution in [1.82, 2.24) is 44.3 Å². The van der Waals surface area contributed by atoms with E-state index in [4.69, 9.17) is 23.2 Å². The molecule has 0 atom stereocenters. The molecule has 0 unspecified atom stereocenters. The van der Waals surface area contributed by atoms with E-state index in [-0.39, 0.29) is 20.9 Å². The molecular weight excluding hydrogens is 814 g/mol. The number of aromatic nitrogens is 9. The monoisotopic (exact) mass is 843 g/mol. The van der Waals surface area contributed by atoms with Crippen LogP contribution in [0.4, 0.5) is 11.4 Å². The van der Waals surface area contributed by atoms with Crippen LogP contribution in [-0.2, 0) is 20.0 Å². The van der Waals surface area contributed by atoms with E-state index in [1.54, 1.807) is 96.8 Å². The number of sulfonamides is 2. The maximum Gasteiger partial charge on any atom is 0.263 e. The predicted molar refractivity (Wildman–Crippen MR) is 217 cm³/mol. The Kier molecular flexibility index (Phi) is 10.7. The molecule has 0 aliphatic carbocycles. The summed E-state index contributed by atoms with van der Waals surface area (Å²) in [5.74, 6) is 0. The van der Waals surface area contributed by atoms with Gasteiger partial charge in [0.1, 0.15) is 11.2 Å². The highest BCUT2D eigenvalue weighted by Gasteiger charge is 2.21. The highest BCUT2D eigenvalue weighted by Crippen LogP contribution is 2.30. The van der Waals surface area contributed by atoms with Crippen LogP contribution in [0.2, 0.25) is 10.0 Å². The molecule has 0 amide bonds. The number of fused-ring (bicyclic) bond motifs is 1. The highest BCUT2D eigenvalue weighted by molar-refractivity contribution is 7.93. The molecule has 4 heterocycles. The highest BCUT2D eigenvalue weighted by atomic mass is 35.5. The van der Waals surface area contributed by atoms with E-state index in [0.717, 1.165) is 11.1 Å². The van der Waals surface area contributed by atoms with Crippen molar-refractivity contribution < 1.29 is 16.8 Å². The van der Waals surface area contributed by atoms with Crippen molar-refractivity contribution in [3.05, 3.63) is 154 Å². The van der Waals surface area contributed by atoms with E-state index in [1.807, 2.05) is 13.0 Å². The van der Waals surface area contributed by atoms with Crippen molar-refractivity contribution in [2.24, 2.45) is 0 Å². The summed E-state index contributed by atoms with van der Waals surface area (Å²) in [6, 6.07) is 19.3. The number of aryl methyl sites for hydroxylation is 3. The largest absolute Gasteiger partial charge is 0.321 e. The molecule has 0 radical (unpaired) electrons. The van der Waals surface area contributed by atoms with Crippen LogP contribution < -0.4 is 15.0 Å². The average molecular weight is 845 g/mol. The van der Waals surface area contributed by atoms with Gasteiger partial charge in [-0.2, -0.15) is 0 Å². The summed E-state index contributed by atoms with van der Waals surface area (Å²) in [4.78, 5) is 22.6. The molecular formula is C37H31Cl2N11O5S2. The van der Waals surface area contributed by atoms with Gasteiger partial charge in [-0.25, -0.2) is 31.5 Å². The van der Waals surface area contributed by atoms with Gasteiger partial charge in [0.05, 0.1) is 61.5 Å². The van der Waals surface area contributed by atoms with Gasteiger partial charge < -0.3 is 14.1 Å². The molecule has 4 aromatic carbocycles. The summed E-state index contributed by atoms with van der Waals surface area (Å²) in [5.41, 5.74) is 4.81. The number of aromatic amines is 1. The van der Waals surface area contributed by atoms with Crippen LogP contribution >= 0.6 is 23.2 Å². The fourth-order valence-corrected chi connectivity index (χ4v) is 8.84. The Balaban J connectivity index is 0.000000174. The van der Waals surface area contributed by atoms with Gasteiger partial charge in [-0.05, 0) is 109 Å². The van der Waals surface area contributed by atoms with Crippen LogP contribution in [0.25, 0.3) is 28.0 Å². The van der Waals surface area contributed by atoms with Gasteiger partial charge in [0.2, 0.25) is 5.56 Å². The van der Waals surface area contributed by atoms with Crippen molar-refractivity contribution in [1.29, 1.82) is 0 Å². The normalized spacial score (nSPS) is 11.6. The van der Waals surface area contributed by atoms with Crippen LogP contribution in [0.15, 0.2) is 131 Å². The molecule has 57 heavy (non-hydrogen) atoms. The topological polar surface area (TPSA) is 204 Å². The van der Waals surface area contributed by atoms with Gasteiger partial charge >= 0.3 is 0 Å². The number of nitrogens with one attached hydrogen (secondary N) is 3. The van der Waals surface area contributed by atoms with Gasteiger partial charge in [-0.15, -0.1) is 5.10 Å². The SMILES string of the molecule is Cc1cc(S(=O)(=O)Nc2ccc(-n3ccnc3)c(Cl)c2)c2[nH]c(=O)cc(C)c2c1.Cc1ccc(S(=O)(=O)Nc2ccc(-n3ccnc3)c(Cl)c2)cc1-n1cnnn1. The number of benzene rings is 4. The maximum atomic E-state index is 13.1. The summed E-state index contributed by atoms with van der Waals surface area (Å²) >= 11 is 12.6. The van der Waals surface area contributed by atoms with Crippen molar-refractivity contribution in [2.45, 2.75) is 30.6 Å². The van der Waals surface area contributed by atoms with Crippen molar-refractivity contribution in [3.8, 4) is 17.1 Å². The number of H-pyrrole nitrogens is 1. The third kappa shape index (κ3) is 8.43. The second-order valence-electron chi connectivity index (χ2n) is 12.7. The minimum absolute atomic E-state index is 0.00288. The quantitative estimate of drug-likeness (QED) is 0.146. The molecule has 0 saturated carbocycles. The summed E-state index contributed by atoms with van der Waals surface area (Å²) in [5, 5.41) is 12.4. The third-order valence-corrected chi connectivity index (χ3v) is 12.0. The predicted octanol–water partition coefficient (Wildman–Crippen LogP) is 6.40. The zero-order valence-corrected chi connectivity index (χ0v) is 33.3. The first-order valence-corrected chi connectivity index (χ1v) is 20.5. The minimum Gasteiger partial charge on any atom is -0.321 e. The van der Waals surface area contributed by atoms with Crippen molar-refractivity contribution >= 4 is 65.5 Å². The summed E-state index contributed by atoms with van der Waals surface area (Å²) in [6.45, 7) is 5.42. The molecule has 4 aromatic heterocycles. The van der Waals surface area contributed by atoms with Crippen LogP contribution in [0, 0.1) is 20.8 Å². The minimum atomic E-state index is -3.98. The number of imidazole rings is 2. The number of rotatable bonds is 9. The Morgan fingerprint density at radius 1 is 0.667 bits per heavy atom. The lowest BCUT2D eigenvalue weighted by Crippen LogP contribution is -2.16. The Morgan fingerprint density at radius 3 is 1.82 bits per heavy atom. The van der Waals surface area contributed by atoms with E-state index in [2.05, 4.69) is 39.9 Å². The van der Waals surface area contributed by atoms with Crippen molar-refractivity contribution in [3.63, 3.8) is 0 Å². The smallest absolute Gasteiger partial charge is 0.263 e. The fourth-order valence-electron chi connectivity index (χ4n) is 5.90. The lowest BCUT2D eigenvalue weighted by molar-refractivity contribution is 0.599. The molecule has 8 aromatic rings. The molecule has 8 rings (SSSR count). The molecule has 0 spiro atoms. The van der Waals surface area contributed by atoms with E-state index in [0.29, 0.717) is 49.4 Å². The summed E-state index contributed by atoms with van der Waals surface area (Å²) < 4.78 is 61.9.